The normalized spacial score (nSPS) is 11.5. The first-order valence-corrected chi connectivity index (χ1v) is 10.8. The van der Waals surface area contributed by atoms with E-state index in [1.54, 1.807) is 0 Å². The lowest BCUT2D eigenvalue weighted by Gasteiger charge is -2.23. The summed E-state index contributed by atoms with van der Waals surface area (Å²) in [5, 5.41) is 3.79. The molecule has 0 saturated heterocycles. The van der Waals surface area contributed by atoms with Crippen LogP contribution in [0.15, 0.2) is 84.9 Å². The molecule has 0 saturated carbocycles. The highest BCUT2D eigenvalue weighted by atomic mass is 32.2. The molecule has 1 nitrogen and oxygen atoms in total. The Hall–Kier alpha value is -1.89. The molecule has 0 aliphatic carbocycles. The fourth-order valence-electron chi connectivity index (χ4n) is 2.76. The summed E-state index contributed by atoms with van der Waals surface area (Å²) in [4.78, 5) is 13.0. The molecular weight excluding hydrogens is 355 g/mol. The molecule has 3 heteroatoms. The van der Waals surface area contributed by atoms with Gasteiger partial charge in [0.25, 0.3) is 0 Å². The minimum absolute atomic E-state index is 0.105. The van der Waals surface area contributed by atoms with Gasteiger partial charge in [0.05, 0.1) is 0 Å². The van der Waals surface area contributed by atoms with Crippen LogP contribution < -0.4 is 15.9 Å². The van der Waals surface area contributed by atoms with Crippen molar-refractivity contribution in [3.8, 4) is 0 Å². The molecule has 0 atom stereocenters. The molecule has 0 unspecified atom stereocenters. The van der Waals surface area contributed by atoms with Crippen LogP contribution in [0.5, 0.6) is 0 Å². The van der Waals surface area contributed by atoms with Crippen molar-refractivity contribution in [3.05, 3.63) is 90.5 Å². The van der Waals surface area contributed by atoms with Crippen molar-refractivity contribution in [1.29, 1.82) is 0 Å². The first kappa shape index (κ1) is 18.9. The number of thioether (sulfide) groups is 1. The fourth-order valence-corrected chi connectivity index (χ4v) is 6.12. The zero-order valence-electron chi connectivity index (χ0n) is 15.3. The van der Waals surface area contributed by atoms with Crippen molar-refractivity contribution in [2.24, 2.45) is 0 Å². The van der Waals surface area contributed by atoms with E-state index in [0.717, 1.165) is 10.9 Å². The molecule has 0 amide bonds. The van der Waals surface area contributed by atoms with Crippen molar-refractivity contribution < 1.29 is 4.79 Å². The fraction of sp³-hybridized carbons (Fsp3) is 0.174. The van der Waals surface area contributed by atoms with Gasteiger partial charge in [-0.3, -0.25) is 4.79 Å². The van der Waals surface area contributed by atoms with Crippen molar-refractivity contribution in [2.45, 2.75) is 25.5 Å². The Balaban J connectivity index is 2.13. The summed E-state index contributed by atoms with van der Waals surface area (Å²) in [6.07, 6.45) is 0. The van der Waals surface area contributed by atoms with Gasteiger partial charge in [-0.05, 0) is 29.9 Å². The van der Waals surface area contributed by atoms with Crippen LogP contribution >= 0.6 is 19.7 Å². The Kier molecular flexibility index (Phi) is 5.96. The van der Waals surface area contributed by atoms with E-state index in [-0.39, 0.29) is 9.86 Å². The van der Waals surface area contributed by atoms with Crippen LogP contribution in [0, 0.1) is 0 Å². The second kappa shape index (κ2) is 8.20. The third-order valence-electron chi connectivity index (χ3n) is 3.79. The number of carbonyl (C=O) groups excluding carboxylic acids is 1. The van der Waals surface area contributed by atoms with Gasteiger partial charge >= 0.3 is 0 Å². The Morgan fingerprint density at radius 3 is 1.69 bits per heavy atom. The largest absolute Gasteiger partial charge is 0.282 e. The molecule has 0 N–H and O–H groups in total. The predicted octanol–water partition coefficient (Wildman–Crippen LogP) is 5.12. The van der Waals surface area contributed by atoms with Gasteiger partial charge in [0.2, 0.25) is 5.12 Å². The lowest BCUT2D eigenvalue weighted by atomic mass is 10.2. The van der Waals surface area contributed by atoms with Crippen LogP contribution in [-0.4, -0.2) is 9.86 Å². The maximum Gasteiger partial charge on any atom is 0.220 e. The van der Waals surface area contributed by atoms with Gasteiger partial charge in [0.1, 0.15) is 0 Å². The van der Waals surface area contributed by atoms with Crippen molar-refractivity contribution in [1.82, 2.24) is 0 Å². The zero-order chi connectivity index (χ0) is 18.6. The highest BCUT2D eigenvalue weighted by molar-refractivity contribution is 8.15. The standard InChI is InChI=1S/C23H23OPS/c1-23(2,3)26-22(24)20-16-10-11-17-21(20)25(18-12-6-4-7-13-18)19-14-8-5-9-15-19/h4-17H,1-3H3. The van der Waals surface area contributed by atoms with Crippen LogP contribution in [-0.2, 0) is 0 Å². The summed E-state index contributed by atoms with van der Waals surface area (Å²) in [6.45, 7) is 6.24. The van der Waals surface area contributed by atoms with Gasteiger partial charge < -0.3 is 0 Å². The van der Waals surface area contributed by atoms with Crippen molar-refractivity contribution >= 4 is 40.7 Å². The van der Waals surface area contributed by atoms with E-state index in [4.69, 9.17) is 0 Å². The second-order valence-electron chi connectivity index (χ2n) is 7.03. The Morgan fingerprint density at radius 1 is 0.731 bits per heavy atom. The van der Waals surface area contributed by atoms with Crippen LogP contribution in [0.3, 0.4) is 0 Å². The van der Waals surface area contributed by atoms with Gasteiger partial charge in [-0.25, -0.2) is 0 Å². The first-order valence-electron chi connectivity index (χ1n) is 8.68. The molecule has 3 rings (SSSR count). The summed E-state index contributed by atoms with van der Waals surface area (Å²) >= 11 is 1.40. The molecule has 3 aromatic rings. The first-order chi connectivity index (χ1) is 12.5. The minimum Gasteiger partial charge on any atom is -0.282 e. The monoisotopic (exact) mass is 378 g/mol. The van der Waals surface area contributed by atoms with E-state index < -0.39 is 7.92 Å². The van der Waals surface area contributed by atoms with E-state index >= 15 is 0 Å². The SMILES string of the molecule is CC(C)(C)SC(=O)c1ccccc1P(c1ccccc1)c1ccccc1. The molecule has 0 aliphatic heterocycles. The molecule has 0 aliphatic rings. The molecule has 0 bridgehead atoms. The summed E-state index contributed by atoms with van der Waals surface area (Å²) in [5.74, 6) is 0. The number of hydrogen-bond donors (Lipinski definition) is 0. The average Bonchev–Trinajstić information content (AvgIpc) is 2.63. The maximum absolute atomic E-state index is 13.0. The topological polar surface area (TPSA) is 17.1 Å². The smallest absolute Gasteiger partial charge is 0.220 e. The van der Waals surface area contributed by atoms with Crippen molar-refractivity contribution in [2.75, 3.05) is 0 Å². The van der Waals surface area contributed by atoms with E-state index in [1.807, 2.05) is 30.3 Å². The number of carbonyl (C=O) groups is 1. The summed E-state index contributed by atoms with van der Waals surface area (Å²) in [6, 6.07) is 29.1. The molecule has 132 valence electrons. The van der Waals surface area contributed by atoms with Crippen LogP contribution in [0.2, 0.25) is 0 Å². The number of hydrogen-bond acceptors (Lipinski definition) is 2. The van der Waals surface area contributed by atoms with Crippen molar-refractivity contribution in [3.63, 3.8) is 0 Å². The van der Waals surface area contributed by atoms with E-state index in [1.165, 1.54) is 22.4 Å². The molecule has 0 spiro atoms. The summed E-state index contributed by atoms with van der Waals surface area (Å²) < 4.78 is -0.105. The third-order valence-corrected chi connectivity index (χ3v) is 7.31. The summed E-state index contributed by atoms with van der Waals surface area (Å²) in [5.41, 5.74) is 0.825. The van der Waals surface area contributed by atoms with Gasteiger partial charge in [-0.15, -0.1) is 0 Å². The maximum atomic E-state index is 13.0. The van der Waals surface area contributed by atoms with E-state index in [2.05, 4.69) is 75.4 Å². The van der Waals surface area contributed by atoms with Crippen LogP contribution in [0.1, 0.15) is 31.1 Å². The second-order valence-corrected chi connectivity index (χ2v) is 11.0. The Labute approximate surface area is 161 Å². The minimum atomic E-state index is -0.775. The number of benzene rings is 3. The molecule has 0 heterocycles. The molecule has 0 fully saturated rings. The zero-order valence-corrected chi connectivity index (χ0v) is 17.1. The Bertz CT molecular complexity index is 830. The molecule has 0 aromatic heterocycles. The van der Waals surface area contributed by atoms with Gasteiger partial charge in [0.15, 0.2) is 0 Å². The highest BCUT2D eigenvalue weighted by Crippen LogP contribution is 2.36. The lowest BCUT2D eigenvalue weighted by molar-refractivity contribution is 0.108. The van der Waals surface area contributed by atoms with E-state index in [0.29, 0.717) is 0 Å². The van der Waals surface area contributed by atoms with Crippen LogP contribution in [0.4, 0.5) is 0 Å². The van der Waals surface area contributed by atoms with Gasteiger partial charge in [-0.2, -0.15) is 0 Å². The van der Waals surface area contributed by atoms with Crippen LogP contribution in [0.25, 0.3) is 0 Å². The molecule has 0 radical (unpaired) electrons. The molecule has 3 aromatic carbocycles. The Morgan fingerprint density at radius 2 is 1.19 bits per heavy atom. The quantitative estimate of drug-likeness (QED) is 0.587. The lowest BCUT2D eigenvalue weighted by Crippen LogP contribution is -2.25. The predicted molar refractivity (Wildman–Crippen MR) is 117 cm³/mol. The van der Waals surface area contributed by atoms with Gasteiger partial charge in [0, 0.05) is 10.3 Å². The van der Waals surface area contributed by atoms with E-state index in [9.17, 15) is 4.79 Å². The van der Waals surface area contributed by atoms with Gasteiger partial charge in [-0.1, -0.05) is 111 Å². The highest BCUT2D eigenvalue weighted by Gasteiger charge is 2.25. The third kappa shape index (κ3) is 4.63. The number of rotatable bonds is 4. The molecule has 26 heavy (non-hydrogen) atoms. The summed E-state index contributed by atoms with van der Waals surface area (Å²) in [7, 11) is -0.775. The molecular formula is C23H23OPS. The average molecular weight is 378 g/mol.